The lowest BCUT2D eigenvalue weighted by molar-refractivity contribution is 0.267. The Kier molecular flexibility index (Phi) is 3.25. The first-order chi connectivity index (χ1) is 11.3. The van der Waals surface area contributed by atoms with Crippen molar-refractivity contribution in [2.75, 3.05) is 0 Å². The largest absolute Gasteiger partial charge is 0.470 e. The number of aryl methyl sites for hydroxylation is 1. The fourth-order valence-corrected chi connectivity index (χ4v) is 2.32. The van der Waals surface area contributed by atoms with Crippen molar-refractivity contribution in [3.05, 3.63) is 40.7 Å². The van der Waals surface area contributed by atoms with Crippen molar-refractivity contribution < 1.29 is 6.15 Å². The summed E-state index contributed by atoms with van der Waals surface area (Å²) < 4.78 is 17.5. The number of H-pyrrole nitrogens is 1. The molecular formula is C14H19N7O2. The molecule has 9 nitrogen and oxygen atoms in total. The van der Waals surface area contributed by atoms with E-state index in [9.17, 15) is 4.79 Å². The van der Waals surface area contributed by atoms with Gasteiger partial charge in [-0.15, -0.1) is 5.10 Å². The van der Waals surface area contributed by atoms with E-state index in [4.69, 9.17) is 6.15 Å². The van der Waals surface area contributed by atoms with Gasteiger partial charge in [0.15, 0.2) is 1.41 Å². The third-order valence-corrected chi connectivity index (χ3v) is 3.44. The van der Waals surface area contributed by atoms with Crippen LogP contribution in [0.2, 0.25) is 1.41 Å². The fourth-order valence-electron chi connectivity index (χ4n) is 2.32. The second-order valence-corrected chi connectivity index (χ2v) is 6.14. The van der Waals surface area contributed by atoms with E-state index in [1.165, 1.54) is 15.6 Å². The fraction of sp³-hybridized carbons (Fsp3) is 0.429. The number of nitrogens with one attached hydrogen (secondary N) is 1. The Morgan fingerprint density at radius 2 is 2.13 bits per heavy atom. The molecule has 23 heavy (non-hydrogen) atoms. The van der Waals surface area contributed by atoms with Gasteiger partial charge in [-0.1, -0.05) is 0 Å². The van der Waals surface area contributed by atoms with Gasteiger partial charge < -0.3 is 9.30 Å². The maximum Gasteiger partial charge on any atom is 0.368 e. The molecule has 0 bridgehead atoms. The first-order valence-corrected chi connectivity index (χ1v) is 7.15. The average molecular weight is 319 g/mol. The lowest BCUT2D eigenvalue weighted by atomic mass is 10.1. The van der Waals surface area contributed by atoms with Crippen molar-refractivity contribution in [1.29, 1.82) is 0 Å². The number of aromatic amines is 1. The second kappa shape index (κ2) is 5.41. The van der Waals surface area contributed by atoms with E-state index < -0.39 is 0 Å². The van der Waals surface area contributed by atoms with Crippen LogP contribution in [0.3, 0.4) is 0 Å². The molecule has 1 N–H and O–H groups in total. The molecule has 0 radical (unpaired) electrons. The van der Waals surface area contributed by atoms with E-state index in [1.807, 2.05) is 16.8 Å². The Bertz CT molecular complexity index is 912. The van der Waals surface area contributed by atoms with Crippen LogP contribution in [0.25, 0.3) is 5.69 Å². The number of rotatable bonds is 4. The number of ether oxygens (including phenoxy) is 1. The smallest absolute Gasteiger partial charge is 0.368 e. The molecule has 0 saturated carbocycles. The average Bonchev–Trinajstić information content (AvgIpc) is 3.17. The monoisotopic (exact) mass is 319 g/mol. The summed E-state index contributed by atoms with van der Waals surface area (Å²) in [5.74, 6) is 0.337. The quantitative estimate of drug-likeness (QED) is 0.768. The van der Waals surface area contributed by atoms with Gasteiger partial charge in [-0.05, 0) is 37.3 Å². The van der Waals surface area contributed by atoms with E-state index in [0.29, 0.717) is 11.6 Å². The molecule has 3 aromatic rings. The van der Waals surface area contributed by atoms with Gasteiger partial charge in [-0.25, -0.2) is 4.79 Å². The normalized spacial score (nSPS) is 12.4. The van der Waals surface area contributed by atoms with E-state index >= 15 is 0 Å². The van der Waals surface area contributed by atoms with Gasteiger partial charge in [0.25, 0.3) is 0 Å². The molecule has 9 heteroatoms. The lowest BCUT2D eigenvalue weighted by Crippen LogP contribution is -2.26. The molecule has 122 valence electrons. The van der Waals surface area contributed by atoms with Crippen LogP contribution in [0.5, 0.6) is 5.88 Å². The second-order valence-electron chi connectivity index (χ2n) is 6.14. The maximum absolute atomic E-state index is 12.2. The topological polar surface area (TPSA) is 95.5 Å². The van der Waals surface area contributed by atoms with Crippen LogP contribution in [-0.2, 0) is 19.2 Å². The van der Waals surface area contributed by atoms with Crippen LogP contribution in [0.4, 0.5) is 0 Å². The van der Waals surface area contributed by atoms with Gasteiger partial charge >= 0.3 is 5.69 Å². The minimum atomic E-state index is -0.335. The van der Waals surface area contributed by atoms with Crippen LogP contribution < -0.4 is 10.4 Å². The molecule has 0 aliphatic carbocycles. The summed E-state index contributed by atoms with van der Waals surface area (Å²) in [6, 6.07) is 3.41. The van der Waals surface area contributed by atoms with Crippen LogP contribution in [-0.4, -0.2) is 34.5 Å². The molecule has 3 rings (SSSR count). The van der Waals surface area contributed by atoms with Crippen molar-refractivity contribution in [3.63, 3.8) is 0 Å². The standard InChI is InChI=1S/C14H19N7O2/c1-14(2,3)20-8-6-10(21-13(22)19(4)17-18-21)11(20)9-23-12-5-7-15-16-12/h5-8H,9H2,1-4H3,(H,15,16)/i/hT. The maximum atomic E-state index is 12.2. The van der Waals surface area contributed by atoms with Gasteiger partial charge in [0, 0.05) is 31.0 Å². The zero-order valence-electron chi connectivity index (χ0n) is 14.5. The van der Waals surface area contributed by atoms with Crippen molar-refractivity contribution >= 4 is 0 Å². The summed E-state index contributed by atoms with van der Waals surface area (Å²) >= 11 is 0. The summed E-state index contributed by atoms with van der Waals surface area (Å²) in [6.07, 6.45) is 3.37. The molecule has 3 heterocycles. The molecule has 0 aliphatic heterocycles. The van der Waals surface area contributed by atoms with E-state index in [2.05, 4.69) is 36.3 Å². The molecule has 0 unspecified atom stereocenters. The van der Waals surface area contributed by atoms with Gasteiger partial charge in [0.05, 0.1) is 11.4 Å². The van der Waals surface area contributed by atoms with Gasteiger partial charge in [0.1, 0.15) is 6.61 Å². The highest BCUT2D eigenvalue weighted by Gasteiger charge is 2.22. The summed E-state index contributed by atoms with van der Waals surface area (Å²) in [7, 11) is 1.55. The van der Waals surface area contributed by atoms with Crippen molar-refractivity contribution in [3.8, 4) is 11.6 Å². The molecule has 0 saturated heterocycles. The molecule has 0 amide bonds. The lowest BCUT2D eigenvalue weighted by Gasteiger charge is -2.24. The Morgan fingerprint density at radius 3 is 2.70 bits per heavy atom. The summed E-state index contributed by atoms with van der Waals surface area (Å²) in [5.41, 5.74) is 0.827. The Morgan fingerprint density at radius 1 is 1.35 bits per heavy atom. The van der Waals surface area contributed by atoms with E-state index in [-0.39, 0.29) is 17.8 Å². The third-order valence-electron chi connectivity index (χ3n) is 3.44. The highest BCUT2D eigenvalue weighted by molar-refractivity contribution is 5.37. The number of hydrogen-bond donors (Lipinski definition) is 1. The molecular weight excluding hydrogens is 298 g/mol. The van der Waals surface area contributed by atoms with Crippen LogP contribution in [0.1, 0.15) is 26.5 Å². The van der Waals surface area contributed by atoms with Crippen LogP contribution in [0.15, 0.2) is 29.3 Å². The molecule has 0 fully saturated rings. The Hall–Kier alpha value is -2.84. The number of hydrogen-bond acceptors (Lipinski definition) is 5. The summed E-state index contributed by atoms with van der Waals surface area (Å²) in [6.45, 7) is 6.34. The summed E-state index contributed by atoms with van der Waals surface area (Å²) in [4.78, 5) is 12.2. The minimum Gasteiger partial charge on any atom is -0.470 e. The van der Waals surface area contributed by atoms with Crippen LogP contribution in [0, 0.1) is 0 Å². The van der Waals surface area contributed by atoms with Crippen LogP contribution >= 0.6 is 0 Å². The van der Waals surface area contributed by atoms with E-state index in [1.54, 1.807) is 13.1 Å². The zero-order chi connectivity index (χ0) is 17.5. The highest BCUT2D eigenvalue weighted by atomic mass is 16.5. The predicted octanol–water partition coefficient (Wildman–Crippen LogP) is 0.825. The SMILES string of the molecule is [3H]n1ccc(OCc2c(-n3nnn(C)c3=O)ccn2C(C)(C)C)n1. The first kappa shape index (κ1) is 13.8. The van der Waals surface area contributed by atoms with Gasteiger partial charge in [-0.3, -0.25) is 5.09 Å². The zero-order valence-corrected chi connectivity index (χ0v) is 13.5. The Labute approximate surface area is 133 Å². The van der Waals surface area contributed by atoms with Gasteiger partial charge in [-0.2, -0.15) is 9.36 Å². The van der Waals surface area contributed by atoms with Crippen molar-refractivity contribution in [1.82, 2.24) is 34.5 Å². The van der Waals surface area contributed by atoms with Gasteiger partial charge in [0.2, 0.25) is 5.88 Å². The van der Waals surface area contributed by atoms with Crippen molar-refractivity contribution in [2.45, 2.75) is 32.9 Å². The number of nitrogens with zero attached hydrogens (tertiary/aromatic N) is 6. The number of tetrazole rings is 1. The molecule has 3 aromatic heterocycles. The van der Waals surface area contributed by atoms with E-state index in [0.717, 1.165) is 10.8 Å². The molecule has 0 spiro atoms. The molecule has 0 aliphatic rings. The van der Waals surface area contributed by atoms with Crippen molar-refractivity contribution in [2.24, 2.45) is 7.05 Å². The summed E-state index contributed by atoms with van der Waals surface area (Å²) in [5, 5.41) is 12.5. The third kappa shape index (κ3) is 2.77. The molecule has 0 aromatic carbocycles. The first-order valence-electron chi connectivity index (χ1n) is 7.60. The minimum absolute atomic E-state index is 0.180. The number of aromatic nitrogens is 7. The predicted molar refractivity (Wildman–Crippen MR) is 82.5 cm³/mol. The Balaban J connectivity index is 2.02. The highest BCUT2D eigenvalue weighted by Crippen LogP contribution is 2.24. The molecule has 0 atom stereocenters.